The Bertz CT molecular complexity index is 940. The summed E-state index contributed by atoms with van der Waals surface area (Å²) < 4.78 is 45.3. The molecule has 2 saturated carbocycles. The molecule has 2 aliphatic carbocycles. The minimum absolute atomic E-state index is 0.0604. The molecular weight excluding hydrogens is 419 g/mol. The zero-order valence-corrected chi connectivity index (χ0v) is 17.9. The Hall–Kier alpha value is -1.69. The number of nitrogens with one attached hydrogen (secondary N) is 1. The molecule has 0 heterocycles. The van der Waals surface area contributed by atoms with Crippen molar-refractivity contribution in [2.75, 3.05) is 6.61 Å². The molecule has 158 valence electrons. The van der Waals surface area contributed by atoms with Crippen LogP contribution in [-0.4, -0.2) is 37.8 Å². The van der Waals surface area contributed by atoms with Crippen LogP contribution in [0.4, 0.5) is 4.39 Å². The molecule has 1 aromatic carbocycles. The van der Waals surface area contributed by atoms with Gasteiger partial charge in [-0.1, -0.05) is 11.6 Å². The fraction of sp³-hybridized carbons (Fsp3) is 0.600. The van der Waals surface area contributed by atoms with Gasteiger partial charge in [0.15, 0.2) is 9.84 Å². The molecule has 1 aromatic rings. The summed E-state index contributed by atoms with van der Waals surface area (Å²) in [6, 6.07) is 5.30. The van der Waals surface area contributed by atoms with E-state index in [1.165, 1.54) is 0 Å². The fourth-order valence-electron chi connectivity index (χ4n) is 3.75. The largest absolute Gasteiger partial charge is 0.378 e. The molecule has 0 aromatic heterocycles. The van der Waals surface area contributed by atoms with Crippen LogP contribution in [0, 0.1) is 29.0 Å². The molecule has 29 heavy (non-hydrogen) atoms. The van der Waals surface area contributed by atoms with Crippen molar-refractivity contribution in [1.82, 2.24) is 5.32 Å². The maximum absolute atomic E-state index is 13.3. The lowest BCUT2D eigenvalue weighted by Crippen LogP contribution is -2.41. The van der Waals surface area contributed by atoms with Crippen molar-refractivity contribution < 1.29 is 22.3 Å². The highest BCUT2D eigenvalue weighted by Crippen LogP contribution is 2.42. The Morgan fingerprint density at radius 2 is 2.10 bits per heavy atom. The van der Waals surface area contributed by atoms with Gasteiger partial charge in [-0.2, -0.15) is 5.26 Å². The number of hydrogen-bond donors (Lipinski definition) is 1. The van der Waals surface area contributed by atoms with E-state index in [2.05, 4.69) is 11.4 Å². The highest BCUT2D eigenvalue weighted by atomic mass is 35.5. The number of carbonyl (C=O) groups is 1. The first-order valence-corrected chi connectivity index (χ1v) is 11.5. The zero-order chi connectivity index (χ0) is 21.4. The summed E-state index contributed by atoms with van der Waals surface area (Å²) in [6.45, 7) is 3.98. The third-order valence-corrected chi connectivity index (χ3v) is 8.25. The fourth-order valence-corrected chi connectivity index (χ4v) is 6.15. The van der Waals surface area contributed by atoms with Gasteiger partial charge in [0, 0.05) is 5.92 Å². The second kappa shape index (κ2) is 8.21. The van der Waals surface area contributed by atoms with E-state index in [0.717, 1.165) is 18.2 Å². The molecule has 0 radical (unpaired) electrons. The number of sulfone groups is 1. The number of amides is 1. The number of nitrogens with zero attached hydrogens (tertiary/aromatic N) is 1. The molecule has 1 unspecified atom stereocenters. The van der Waals surface area contributed by atoms with Crippen molar-refractivity contribution in [1.29, 1.82) is 5.26 Å². The molecule has 1 N–H and O–H groups in total. The van der Waals surface area contributed by atoms with Crippen LogP contribution in [0.25, 0.3) is 0 Å². The standard InChI is InChI=1S/C20H24ClFN2O4S/c1-12(2)28-10-13-7-15(9-16(13)19(25)24-20(11-23)5-6-20)29(26,27)18-4-3-14(22)8-17(18)21/h3-4,8,12-13,15-16H,5-7,9-10H2,1-2H3,(H,24,25)/t13-,15?,16+/m0/s1. The van der Waals surface area contributed by atoms with Crippen molar-refractivity contribution in [3.63, 3.8) is 0 Å². The summed E-state index contributed by atoms with van der Waals surface area (Å²) in [5, 5.41) is 11.0. The van der Waals surface area contributed by atoms with Crippen molar-refractivity contribution in [2.24, 2.45) is 11.8 Å². The topological polar surface area (TPSA) is 96.3 Å². The lowest BCUT2D eigenvalue weighted by molar-refractivity contribution is -0.127. The molecule has 0 spiro atoms. The molecule has 0 aliphatic heterocycles. The molecule has 2 fully saturated rings. The van der Waals surface area contributed by atoms with Crippen LogP contribution < -0.4 is 5.32 Å². The summed E-state index contributed by atoms with van der Waals surface area (Å²) in [6.07, 6.45) is 1.48. The molecule has 9 heteroatoms. The molecular formula is C20H24ClFN2O4S. The molecule has 0 saturated heterocycles. The minimum Gasteiger partial charge on any atom is -0.378 e. The third kappa shape index (κ3) is 4.73. The quantitative estimate of drug-likeness (QED) is 0.654. The summed E-state index contributed by atoms with van der Waals surface area (Å²) >= 11 is 5.99. The summed E-state index contributed by atoms with van der Waals surface area (Å²) in [7, 11) is -3.86. The summed E-state index contributed by atoms with van der Waals surface area (Å²) in [5.41, 5.74) is -0.822. The maximum atomic E-state index is 13.3. The van der Waals surface area contributed by atoms with Crippen LogP contribution in [0.15, 0.2) is 23.1 Å². The number of rotatable bonds is 7. The SMILES string of the molecule is CC(C)OC[C@@H]1CC(S(=O)(=O)c2ccc(F)cc2Cl)C[C@H]1C(=O)NC1(C#N)CC1. The van der Waals surface area contributed by atoms with E-state index < -0.39 is 32.4 Å². The van der Waals surface area contributed by atoms with Crippen molar-refractivity contribution in [3.05, 3.63) is 29.0 Å². The van der Waals surface area contributed by atoms with Gasteiger partial charge in [0.1, 0.15) is 11.4 Å². The van der Waals surface area contributed by atoms with Gasteiger partial charge >= 0.3 is 0 Å². The van der Waals surface area contributed by atoms with E-state index in [0.29, 0.717) is 12.8 Å². The normalized spacial score (nSPS) is 25.6. The second-order valence-electron chi connectivity index (χ2n) is 8.14. The van der Waals surface area contributed by atoms with Crippen LogP contribution in [0.3, 0.4) is 0 Å². The lowest BCUT2D eigenvalue weighted by Gasteiger charge is -2.21. The van der Waals surface area contributed by atoms with E-state index in [1.807, 2.05) is 13.8 Å². The molecule has 1 amide bonds. The lowest BCUT2D eigenvalue weighted by atomic mass is 9.95. The molecule has 6 nitrogen and oxygen atoms in total. The van der Waals surface area contributed by atoms with Crippen LogP contribution in [-0.2, 0) is 19.4 Å². The monoisotopic (exact) mass is 442 g/mol. The Labute approximate surface area is 175 Å². The molecule has 2 aliphatic rings. The Balaban J connectivity index is 1.83. The smallest absolute Gasteiger partial charge is 0.224 e. The number of carbonyl (C=O) groups excluding carboxylic acids is 1. The van der Waals surface area contributed by atoms with E-state index in [-0.39, 0.29) is 47.3 Å². The van der Waals surface area contributed by atoms with Crippen LogP contribution >= 0.6 is 11.6 Å². The number of nitriles is 1. The number of ether oxygens (including phenoxy) is 1. The predicted molar refractivity (Wildman–Crippen MR) is 105 cm³/mol. The third-order valence-electron chi connectivity index (χ3n) is 5.60. The first-order valence-electron chi connectivity index (χ1n) is 9.62. The first kappa shape index (κ1) is 22.0. The summed E-state index contributed by atoms with van der Waals surface area (Å²) in [5.74, 6) is -1.82. The van der Waals surface area contributed by atoms with Gasteiger partial charge in [0.05, 0.1) is 33.9 Å². The van der Waals surface area contributed by atoms with Crippen molar-refractivity contribution in [3.8, 4) is 6.07 Å². The van der Waals surface area contributed by atoms with Gasteiger partial charge in [-0.05, 0) is 63.6 Å². The second-order valence-corrected chi connectivity index (χ2v) is 10.7. The minimum atomic E-state index is -3.86. The van der Waals surface area contributed by atoms with Crippen molar-refractivity contribution in [2.45, 2.75) is 61.3 Å². The summed E-state index contributed by atoms with van der Waals surface area (Å²) in [4.78, 5) is 12.7. The Kier molecular flexibility index (Phi) is 6.23. The number of benzene rings is 1. The average molecular weight is 443 g/mol. The Morgan fingerprint density at radius 3 is 2.66 bits per heavy atom. The van der Waals surface area contributed by atoms with Crippen LogP contribution in [0.5, 0.6) is 0 Å². The molecule has 3 atom stereocenters. The van der Waals surface area contributed by atoms with Crippen LogP contribution in [0.1, 0.15) is 39.5 Å². The van der Waals surface area contributed by atoms with Crippen LogP contribution in [0.2, 0.25) is 5.02 Å². The Morgan fingerprint density at radius 1 is 1.41 bits per heavy atom. The van der Waals surface area contributed by atoms with Crippen molar-refractivity contribution >= 4 is 27.3 Å². The number of hydrogen-bond acceptors (Lipinski definition) is 5. The van der Waals surface area contributed by atoms with Gasteiger partial charge in [0.2, 0.25) is 5.91 Å². The highest BCUT2D eigenvalue weighted by Gasteiger charge is 2.50. The van der Waals surface area contributed by atoms with Gasteiger partial charge in [-0.25, -0.2) is 12.8 Å². The highest BCUT2D eigenvalue weighted by molar-refractivity contribution is 7.92. The van der Waals surface area contributed by atoms with Gasteiger partial charge in [-0.3, -0.25) is 4.79 Å². The van der Waals surface area contributed by atoms with E-state index in [9.17, 15) is 22.9 Å². The zero-order valence-electron chi connectivity index (χ0n) is 16.3. The number of halogens is 2. The van der Waals surface area contributed by atoms with Gasteiger partial charge in [-0.15, -0.1) is 0 Å². The van der Waals surface area contributed by atoms with Gasteiger partial charge < -0.3 is 10.1 Å². The van der Waals surface area contributed by atoms with E-state index in [4.69, 9.17) is 16.3 Å². The van der Waals surface area contributed by atoms with E-state index in [1.54, 1.807) is 0 Å². The first-order chi connectivity index (χ1) is 13.6. The van der Waals surface area contributed by atoms with E-state index >= 15 is 0 Å². The molecule has 3 rings (SSSR count). The maximum Gasteiger partial charge on any atom is 0.224 e. The average Bonchev–Trinajstić information content (AvgIpc) is 3.26. The molecule has 0 bridgehead atoms. The predicted octanol–water partition coefficient (Wildman–Crippen LogP) is 3.24. The van der Waals surface area contributed by atoms with Gasteiger partial charge in [0.25, 0.3) is 0 Å².